The van der Waals surface area contributed by atoms with E-state index in [4.69, 9.17) is 11.6 Å². The average Bonchev–Trinajstić information content (AvgIpc) is 2.10. The molecule has 0 saturated carbocycles. The maximum Gasteiger partial charge on any atom is 0.325 e. The Bertz CT molecular complexity index is 479. The Hall–Kier alpha value is -1.76. The van der Waals surface area contributed by atoms with Crippen molar-refractivity contribution >= 4 is 28.9 Å². The molecule has 1 amide bonds. The summed E-state index contributed by atoms with van der Waals surface area (Å²) in [6.07, 6.45) is 0. The fourth-order valence-electron chi connectivity index (χ4n) is 1.04. The lowest BCUT2D eigenvalue weighted by atomic mass is 10.2. The molecule has 0 aliphatic carbocycles. The van der Waals surface area contributed by atoms with Gasteiger partial charge >= 0.3 is 5.69 Å². The Labute approximate surface area is 93.2 Å². The predicted octanol–water partition coefficient (Wildman–Crippen LogP) is 2.48. The Morgan fingerprint density at radius 1 is 1.56 bits per heavy atom. The highest BCUT2D eigenvalue weighted by molar-refractivity contribution is 6.32. The van der Waals surface area contributed by atoms with Crippen molar-refractivity contribution < 1.29 is 18.5 Å². The van der Waals surface area contributed by atoms with Crippen LogP contribution in [0.15, 0.2) is 6.07 Å². The van der Waals surface area contributed by atoms with Gasteiger partial charge in [-0.3, -0.25) is 14.9 Å². The minimum atomic E-state index is -1.51. The molecule has 16 heavy (non-hydrogen) atoms. The number of nitro groups is 1. The van der Waals surface area contributed by atoms with Gasteiger partial charge in [-0.2, -0.15) is 4.39 Å². The minimum Gasteiger partial charge on any atom is -0.321 e. The van der Waals surface area contributed by atoms with Crippen LogP contribution >= 0.6 is 11.6 Å². The van der Waals surface area contributed by atoms with Crippen molar-refractivity contribution in [1.29, 1.82) is 0 Å². The Morgan fingerprint density at radius 2 is 2.12 bits per heavy atom. The van der Waals surface area contributed by atoms with Crippen LogP contribution in [0.3, 0.4) is 0 Å². The molecule has 1 rings (SSSR count). The highest BCUT2D eigenvalue weighted by Gasteiger charge is 2.26. The van der Waals surface area contributed by atoms with Gasteiger partial charge in [-0.1, -0.05) is 11.6 Å². The molecule has 0 aromatic heterocycles. The summed E-state index contributed by atoms with van der Waals surface area (Å²) < 4.78 is 26.6. The number of carbonyl (C=O) groups is 1. The van der Waals surface area contributed by atoms with Crippen LogP contribution in [0.2, 0.25) is 5.02 Å². The van der Waals surface area contributed by atoms with Crippen molar-refractivity contribution in [3.8, 4) is 0 Å². The number of nitrogens with one attached hydrogen (secondary N) is 1. The zero-order chi connectivity index (χ0) is 12.5. The van der Waals surface area contributed by atoms with Crippen molar-refractivity contribution in [2.45, 2.75) is 6.92 Å². The molecule has 0 radical (unpaired) electrons. The smallest absolute Gasteiger partial charge is 0.321 e. The molecular weight excluding hydrogens is 246 g/mol. The van der Waals surface area contributed by atoms with E-state index in [0.717, 1.165) is 6.92 Å². The highest BCUT2D eigenvalue weighted by Crippen LogP contribution is 2.34. The van der Waals surface area contributed by atoms with Crippen LogP contribution in [0.5, 0.6) is 0 Å². The molecule has 1 aromatic carbocycles. The quantitative estimate of drug-likeness (QED) is 0.647. The zero-order valence-corrected chi connectivity index (χ0v) is 8.64. The summed E-state index contributed by atoms with van der Waals surface area (Å²) in [5.74, 6) is -3.44. The van der Waals surface area contributed by atoms with Gasteiger partial charge in [-0.05, 0) is 0 Å². The van der Waals surface area contributed by atoms with Gasteiger partial charge in [0.25, 0.3) is 0 Å². The van der Waals surface area contributed by atoms with E-state index in [1.807, 2.05) is 5.32 Å². The maximum atomic E-state index is 13.4. The van der Waals surface area contributed by atoms with Crippen LogP contribution in [0.4, 0.5) is 20.2 Å². The highest BCUT2D eigenvalue weighted by atomic mass is 35.5. The van der Waals surface area contributed by atoms with E-state index < -0.39 is 38.9 Å². The largest absolute Gasteiger partial charge is 0.325 e. The van der Waals surface area contributed by atoms with Crippen LogP contribution in [0, 0.1) is 21.7 Å². The molecule has 1 aromatic rings. The van der Waals surface area contributed by atoms with Gasteiger partial charge in [-0.15, -0.1) is 0 Å². The number of halogens is 3. The SMILES string of the molecule is CC(=O)Nc1c(F)cc(Cl)c([N+](=O)[O-])c1F. The number of anilines is 1. The second-order valence-electron chi connectivity index (χ2n) is 2.82. The number of nitro benzene ring substituents is 1. The summed E-state index contributed by atoms with van der Waals surface area (Å²) in [7, 11) is 0. The van der Waals surface area contributed by atoms with Gasteiger partial charge in [0.2, 0.25) is 11.7 Å². The molecule has 0 unspecified atom stereocenters. The van der Waals surface area contributed by atoms with Crippen molar-refractivity contribution in [3.63, 3.8) is 0 Å². The first-order chi connectivity index (χ1) is 7.34. The van der Waals surface area contributed by atoms with Crippen molar-refractivity contribution in [2.75, 3.05) is 5.32 Å². The summed E-state index contributed by atoms with van der Waals surface area (Å²) in [5.41, 5.74) is -1.96. The van der Waals surface area contributed by atoms with Crippen LogP contribution in [-0.4, -0.2) is 10.8 Å². The Morgan fingerprint density at radius 3 is 2.56 bits per heavy atom. The molecule has 0 bridgehead atoms. The lowest BCUT2D eigenvalue weighted by Crippen LogP contribution is -2.11. The molecule has 5 nitrogen and oxygen atoms in total. The first kappa shape index (κ1) is 12.3. The van der Waals surface area contributed by atoms with Crippen LogP contribution in [0.1, 0.15) is 6.92 Å². The standard InChI is InChI=1S/C8H5ClF2N2O3/c1-3(14)12-7-5(10)2-4(9)8(6(7)11)13(15)16/h2H,1H3,(H,12,14). The third kappa shape index (κ3) is 2.25. The number of hydrogen-bond donors (Lipinski definition) is 1. The molecule has 0 spiro atoms. The van der Waals surface area contributed by atoms with Gasteiger partial charge in [-0.25, -0.2) is 4.39 Å². The number of hydrogen-bond acceptors (Lipinski definition) is 3. The van der Waals surface area contributed by atoms with Gasteiger partial charge in [0.1, 0.15) is 10.7 Å². The summed E-state index contributed by atoms with van der Waals surface area (Å²) >= 11 is 5.30. The normalized spacial score (nSPS) is 10.0. The van der Waals surface area contributed by atoms with E-state index >= 15 is 0 Å². The summed E-state index contributed by atoms with van der Waals surface area (Å²) in [5, 5.41) is 11.6. The van der Waals surface area contributed by atoms with E-state index in [9.17, 15) is 23.7 Å². The number of nitrogens with zero attached hydrogens (tertiary/aromatic N) is 1. The molecule has 0 heterocycles. The molecular formula is C8H5ClF2N2O3. The van der Waals surface area contributed by atoms with Crippen LogP contribution in [-0.2, 0) is 4.79 Å². The van der Waals surface area contributed by atoms with Gasteiger partial charge < -0.3 is 5.32 Å². The average molecular weight is 251 g/mol. The monoisotopic (exact) mass is 250 g/mol. The predicted molar refractivity (Wildman–Crippen MR) is 52.3 cm³/mol. The molecule has 0 saturated heterocycles. The molecule has 0 fully saturated rings. The number of amides is 1. The van der Waals surface area contributed by atoms with E-state index in [1.54, 1.807) is 0 Å². The minimum absolute atomic E-state index is 0.564. The lowest BCUT2D eigenvalue weighted by molar-refractivity contribution is -0.387. The van der Waals surface area contributed by atoms with E-state index in [2.05, 4.69) is 0 Å². The second-order valence-corrected chi connectivity index (χ2v) is 3.22. The number of rotatable bonds is 2. The fraction of sp³-hybridized carbons (Fsp3) is 0.125. The Kier molecular flexibility index (Phi) is 3.38. The second kappa shape index (κ2) is 4.40. The number of benzene rings is 1. The topological polar surface area (TPSA) is 72.2 Å². The van der Waals surface area contributed by atoms with E-state index in [-0.39, 0.29) is 0 Å². The molecule has 0 aliphatic rings. The summed E-state index contributed by atoms with van der Waals surface area (Å²) in [4.78, 5) is 20.0. The van der Waals surface area contributed by atoms with Crippen molar-refractivity contribution in [1.82, 2.24) is 0 Å². The van der Waals surface area contributed by atoms with E-state index in [0.29, 0.717) is 6.07 Å². The van der Waals surface area contributed by atoms with E-state index in [1.165, 1.54) is 0 Å². The zero-order valence-electron chi connectivity index (χ0n) is 7.88. The first-order valence-corrected chi connectivity index (χ1v) is 4.32. The van der Waals surface area contributed by atoms with Gasteiger partial charge in [0, 0.05) is 13.0 Å². The molecule has 0 aliphatic heterocycles. The van der Waals surface area contributed by atoms with Gasteiger partial charge in [0.15, 0.2) is 5.82 Å². The third-order valence-corrected chi connectivity index (χ3v) is 1.92. The fourth-order valence-corrected chi connectivity index (χ4v) is 1.29. The van der Waals surface area contributed by atoms with Crippen LogP contribution < -0.4 is 5.32 Å². The molecule has 86 valence electrons. The lowest BCUT2D eigenvalue weighted by Gasteiger charge is -2.06. The van der Waals surface area contributed by atoms with Crippen LogP contribution in [0.25, 0.3) is 0 Å². The van der Waals surface area contributed by atoms with Crippen molar-refractivity contribution in [2.24, 2.45) is 0 Å². The Balaban J connectivity index is 3.44. The molecule has 1 N–H and O–H groups in total. The summed E-state index contributed by atoms with van der Waals surface area (Å²) in [6, 6.07) is 0.564. The maximum absolute atomic E-state index is 13.4. The summed E-state index contributed by atoms with van der Waals surface area (Å²) in [6.45, 7) is 1.01. The molecule has 8 heteroatoms. The third-order valence-electron chi connectivity index (χ3n) is 1.63. The first-order valence-electron chi connectivity index (χ1n) is 3.94. The molecule has 0 atom stereocenters. The number of carbonyl (C=O) groups excluding carboxylic acids is 1. The van der Waals surface area contributed by atoms with Gasteiger partial charge in [0.05, 0.1) is 4.92 Å². The van der Waals surface area contributed by atoms with Crippen molar-refractivity contribution in [3.05, 3.63) is 32.8 Å².